The van der Waals surface area contributed by atoms with Crippen LogP contribution in [-0.2, 0) is 0 Å². The first-order chi connectivity index (χ1) is 5.24. The average molecular weight is 162 g/mol. The number of hydrogen-bond acceptors (Lipinski definition) is 2. The summed E-state index contributed by atoms with van der Waals surface area (Å²) in [7, 11) is 0. The van der Waals surface area contributed by atoms with Crippen molar-refractivity contribution in [1.82, 2.24) is 0 Å². The predicted octanol–water partition coefficient (Wildman–Crippen LogP) is 2.13. The highest BCUT2D eigenvalue weighted by molar-refractivity contribution is 4.19. The van der Waals surface area contributed by atoms with Crippen LogP contribution in [0.3, 0.4) is 0 Å². The van der Waals surface area contributed by atoms with Crippen molar-refractivity contribution in [2.75, 3.05) is 13.1 Å². The highest BCUT2D eigenvalue weighted by atomic mass is 14.5. The highest BCUT2D eigenvalue weighted by Crippen LogP contribution is 1.76. The van der Waals surface area contributed by atoms with Crippen molar-refractivity contribution < 1.29 is 0 Å². The summed E-state index contributed by atoms with van der Waals surface area (Å²) in [4.78, 5) is 0. The molecular formula is C9H26N2. The van der Waals surface area contributed by atoms with Crippen molar-refractivity contribution in [3.63, 3.8) is 0 Å². The SMILES string of the molecule is CCCC.CCCN.CCN. The lowest BCUT2D eigenvalue weighted by Gasteiger charge is -1.70. The second-order valence-electron chi connectivity index (χ2n) is 2.20. The van der Waals surface area contributed by atoms with Crippen molar-refractivity contribution in [3.8, 4) is 0 Å². The number of rotatable bonds is 2. The molecule has 0 aliphatic heterocycles. The Labute approximate surface area is 72.4 Å². The van der Waals surface area contributed by atoms with E-state index in [1.54, 1.807) is 0 Å². The summed E-state index contributed by atoms with van der Waals surface area (Å²) in [5.74, 6) is 0. The van der Waals surface area contributed by atoms with Crippen molar-refractivity contribution in [2.45, 2.75) is 47.0 Å². The third-order valence-corrected chi connectivity index (χ3v) is 0.789. The minimum absolute atomic E-state index is 0.750. The maximum atomic E-state index is 5.03. The van der Waals surface area contributed by atoms with E-state index in [1.807, 2.05) is 6.92 Å². The molecule has 0 rings (SSSR count). The molecular weight excluding hydrogens is 136 g/mol. The number of nitrogens with two attached hydrogens (primary N) is 2. The molecule has 0 aromatic carbocycles. The summed E-state index contributed by atoms with van der Waals surface area (Å²) in [6.07, 6.45) is 3.74. The Balaban J connectivity index is -0.0000000886. The second-order valence-corrected chi connectivity index (χ2v) is 2.20. The molecule has 2 heteroatoms. The van der Waals surface area contributed by atoms with Crippen LogP contribution in [0.5, 0.6) is 0 Å². The molecule has 0 fully saturated rings. The van der Waals surface area contributed by atoms with Crippen LogP contribution >= 0.6 is 0 Å². The van der Waals surface area contributed by atoms with E-state index in [-0.39, 0.29) is 0 Å². The fraction of sp³-hybridized carbons (Fsp3) is 1.00. The van der Waals surface area contributed by atoms with Gasteiger partial charge in [0.05, 0.1) is 0 Å². The second kappa shape index (κ2) is 32.6. The molecule has 0 unspecified atom stereocenters. The standard InChI is InChI=1S/C4H10.C3H9N.C2H7N/c1-3-4-2;1-2-3-4;1-2-3/h3-4H2,1-2H3;2-4H2,1H3;2-3H2,1H3. The van der Waals surface area contributed by atoms with Crippen molar-refractivity contribution in [2.24, 2.45) is 11.5 Å². The van der Waals surface area contributed by atoms with Gasteiger partial charge in [-0.05, 0) is 19.5 Å². The molecule has 0 aliphatic rings. The Hall–Kier alpha value is -0.0800. The van der Waals surface area contributed by atoms with E-state index in [9.17, 15) is 0 Å². The van der Waals surface area contributed by atoms with E-state index in [0.717, 1.165) is 19.5 Å². The molecule has 4 N–H and O–H groups in total. The summed E-state index contributed by atoms with van der Waals surface area (Å²) >= 11 is 0. The molecule has 0 saturated heterocycles. The Kier molecular flexibility index (Phi) is 50.8. The summed E-state index contributed by atoms with van der Waals surface area (Å²) < 4.78 is 0. The molecule has 11 heavy (non-hydrogen) atoms. The zero-order valence-electron chi connectivity index (χ0n) is 8.69. The molecule has 0 atom stereocenters. The van der Waals surface area contributed by atoms with Gasteiger partial charge in [-0.15, -0.1) is 0 Å². The first-order valence-corrected chi connectivity index (χ1v) is 4.64. The molecule has 0 aliphatic carbocycles. The van der Waals surface area contributed by atoms with Crippen LogP contribution in [0.2, 0.25) is 0 Å². The van der Waals surface area contributed by atoms with Gasteiger partial charge >= 0.3 is 0 Å². The molecule has 2 nitrogen and oxygen atoms in total. The Bertz CT molecular complexity index is 22.7. The summed E-state index contributed by atoms with van der Waals surface area (Å²) in [5, 5.41) is 0. The summed E-state index contributed by atoms with van der Waals surface area (Å²) in [5.41, 5.74) is 9.88. The fourth-order valence-electron chi connectivity index (χ4n) is 0. The molecule has 0 heterocycles. The zero-order valence-corrected chi connectivity index (χ0v) is 8.69. The van der Waals surface area contributed by atoms with Crippen LogP contribution in [0.25, 0.3) is 0 Å². The third-order valence-electron chi connectivity index (χ3n) is 0.789. The molecule has 0 amide bonds. The summed E-state index contributed by atoms with van der Waals surface area (Å²) in [6.45, 7) is 9.89. The molecule has 0 saturated carbocycles. The van der Waals surface area contributed by atoms with E-state index in [2.05, 4.69) is 20.8 Å². The van der Waals surface area contributed by atoms with E-state index in [0.29, 0.717) is 0 Å². The first-order valence-electron chi connectivity index (χ1n) is 4.64. The highest BCUT2D eigenvalue weighted by Gasteiger charge is 1.56. The van der Waals surface area contributed by atoms with Gasteiger partial charge in [-0.2, -0.15) is 0 Å². The Morgan fingerprint density at radius 3 is 0.909 bits per heavy atom. The van der Waals surface area contributed by atoms with Crippen LogP contribution in [0.15, 0.2) is 0 Å². The third kappa shape index (κ3) is 169. The molecule has 0 aromatic rings. The lowest BCUT2D eigenvalue weighted by atomic mass is 10.4. The first kappa shape index (κ1) is 17.1. The van der Waals surface area contributed by atoms with Gasteiger partial charge in [0.15, 0.2) is 0 Å². The Morgan fingerprint density at radius 1 is 0.727 bits per heavy atom. The normalized spacial score (nSPS) is 7.09. The quantitative estimate of drug-likeness (QED) is 0.653. The van der Waals surface area contributed by atoms with Gasteiger partial charge in [-0.3, -0.25) is 0 Å². The van der Waals surface area contributed by atoms with Gasteiger partial charge in [-0.1, -0.05) is 40.5 Å². The topological polar surface area (TPSA) is 52.0 Å². The predicted molar refractivity (Wildman–Crippen MR) is 54.7 cm³/mol. The summed E-state index contributed by atoms with van der Waals surface area (Å²) in [6, 6.07) is 0. The Morgan fingerprint density at radius 2 is 0.909 bits per heavy atom. The number of unbranched alkanes of at least 4 members (excludes halogenated alkanes) is 1. The lowest BCUT2D eigenvalue weighted by molar-refractivity contribution is 0.886. The maximum Gasteiger partial charge on any atom is -0.00799 e. The smallest absolute Gasteiger partial charge is 0.00799 e. The molecule has 0 spiro atoms. The van der Waals surface area contributed by atoms with E-state index in [4.69, 9.17) is 11.5 Å². The van der Waals surface area contributed by atoms with E-state index in [1.165, 1.54) is 12.8 Å². The molecule has 0 radical (unpaired) electrons. The van der Waals surface area contributed by atoms with Gasteiger partial charge in [0, 0.05) is 0 Å². The van der Waals surface area contributed by atoms with Gasteiger partial charge < -0.3 is 11.5 Å². The molecule has 0 bridgehead atoms. The monoisotopic (exact) mass is 162 g/mol. The maximum absolute atomic E-state index is 5.03. The minimum atomic E-state index is 0.750. The minimum Gasteiger partial charge on any atom is -0.331 e. The van der Waals surface area contributed by atoms with Crippen molar-refractivity contribution in [3.05, 3.63) is 0 Å². The van der Waals surface area contributed by atoms with Crippen LogP contribution in [0.1, 0.15) is 47.0 Å². The lowest BCUT2D eigenvalue weighted by Crippen LogP contribution is -1.93. The number of hydrogen-bond donors (Lipinski definition) is 2. The van der Waals surface area contributed by atoms with Crippen LogP contribution in [-0.4, -0.2) is 13.1 Å². The van der Waals surface area contributed by atoms with Gasteiger partial charge in [0.2, 0.25) is 0 Å². The van der Waals surface area contributed by atoms with Gasteiger partial charge in [0.1, 0.15) is 0 Å². The van der Waals surface area contributed by atoms with Gasteiger partial charge in [0.25, 0.3) is 0 Å². The van der Waals surface area contributed by atoms with Crippen molar-refractivity contribution in [1.29, 1.82) is 0 Å². The van der Waals surface area contributed by atoms with E-state index >= 15 is 0 Å². The van der Waals surface area contributed by atoms with Crippen LogP contribution < -0.4 is 11.5 Å². The average Bonchev–Trinajstić information content (AvgIpc) is 2.06. The van der Waals surface area contributed by atoms with Crippen LogP contribution in [0.4, 0.5) is 0 Å². The molecule has 72 valence electrons. The zero-order chi connectivity index (χ0) is 9.54. The van der Waals surface area contributed by atoms with Crippen LogP contribution in [0, 0.1) is 0 Å². The molecule has 0 aromatic heterocycles. The van der Waals surface area contributed by atoms with Crippen molar-refractivity contribution >= 4 is 0 Å². The van der Waals surface area contributed by atoms with E-state index < -0.39 is 0 Å². The fourth-order valence-corrected chi connectivity index (χ4v) is 0. The largest absolute Gasteiger partial charge is 0.331 e. The van der Waals surface area contributed by atoms with Gasteiger partial charge in [-0.25, -0.2) is 0 Å².